The van der Waals surface area contributed by atoms with Gasteiger partial charge in [0.05, 0.1) is 41.9 Å². The Balaban J connectivity index is 1.85. The molecule has 4 rings (SSSR count). The van der Waals surface area contributed by atoms with Gasteiger partial charge in [-0.2, -0.15) is 0 Å². The van der Waals surface area contributed by atoms with Crippen LogP contribution < -0.4 is 10.1 Å². The lowest BCUT2D eigenvalue weighted by Gasteiger charge is -2.29. The maximum atomic E-state index is 12.7. The number of ether oxygens (including phenoxy) is 1. The summed E-state index contributed by atoms with van der Waals surface area (Å²) < 4.78 is 7.65. The zero-order chi connectivity index (χ0) is 20.7. The minimum atomic E-state index is -0.148. The molecule has 152 valence electrons. The van der Waals surface area contributed by atoms with Crippen molar-refractivity contribution in [2.75, 3.05) is 26.0 Å². The number of carbonyl (C=O) groups is 1. The summed E-state index contributed by atoms with van der Waals surface area (Å²) in [5, 5.41) is 13.4. The number of nitrogens with one attached hydrogen (secondary N) is 1. The molecule has 0 radical (unpaired) electrons. The summed E-state index contributed by atoms with van der Waals surface area (Å²) in [5.74, 6) is 0.787. The number of benzene rings is 1. The third kappa shape index (κ3) is 3.31. The lowest BCUT2D eigenvalue weighted by molar-refractivity contribution is 0.0827. The molecular formula is C22H26N4O3. The normalized spacial score (nSPS) is 15.7. The van der Waals surface area contributed by atoms with Crippen LogP contribution in [0, 0.1) is 13.8 Å². The fourth-order valence-electron chi connectivity index (χ4n) is 3.97. The zero-order valence-corrected chi connectivity index (χ0v) is 17.2. The molecule has 29 heavy (non-hydrogen) atoms. The van der Waals surface area contributed by atoms with Crippen LogP contribution in [-0.4, -0.2) is 46.0 Å². The minimum Gasteiger partial charge on any atom is -0.493 e. The van der Waals surface area contributed by atoms with E-state index in [-0.39, 0.29) is 18.6 Å². The lowest BCUT2D eigenvalue weighted by atomic mass is 9.95. The highest BCUT2D eigenvalue weighted by atomic mass is 16.5. The molecule has 1 amide bonds. The van der Waals surface area contributed by atoms with E-state index in [1.165, 1.54) is 0 Å². The van der Waals surface area contributed by atoms with Crippen molar-refractivity contribution in [1.82, 2.24) is 14.3 Å². The summed E-state index contributed by atoms with van der Waals surface area (Å²) in [4.78, 5) is 18.9. The minimum absolute atomic E-state index is 0.0445. The number of imidazole rings is 1. The van der Waals surface area contributed by atoms with Crippen LogP contribution in [0.15, 0.2) is 30.5 Å². The van der Waals surface area contributed by atoms with Crippen LogP contribution in [0.25, 0.3) is 5.65 Å². The molecule has 0 spiro atoms. The van der Waals surface area contributed by atoms with E-state index < -0.39 is 0 Å². The molecule has 0 saturated heterocycles. The molecule has 0 saturated carbocycles. The van der Waals surface area contributed by atoms with Gasteiger partial charge in [-0.1, -0.05) is 12.1 Å². The predicted molar refractivity (Wildman–Crippen MR) is 112 cm³/mol. The van der Waals surface area contributed by atoms with E-state index in [9.17, 15) is 9.90 Å². The second-order valence-electron chi connectivity index (χ2n) is 7.66. The number of amides is 1. The number of carbonyl (C=O) groups excluding carboxylic acids is 1. The SMILES string of the molecule is Cc1cccc2c1[C@H](Nc1cc(C(=O)N(C)C)cn3c(CO)c(C)nc13)CCO2. The van der Waals surface area contributed by atoms with E-state index in [2.05, 4.69) is 23.3 Å². The molecule has 2 N–H and O–H groups in total. The van der Waals surface area contributed by atoms with Gasteiger partial charge in [0, 0.05) is 32.3 Å². The molecule has 1 aromatic carbocycles. The molecular weight excluding hydrogens is 368 g/mol. The highest BCUT2D eigenvalue weighted by Gasteiger charge is 2.25. The molecule has 2 aromatic heterocycles. The second-order valence-corrected chi connectivity index (χ2v) is 7.66. The molecule has 1 atom stereocenters. The highest BCUT2D eigenvalue weighted by Crippen LogP contribution is 2.37. The Morgan fingerprint density at radius 3 is 2.90 bits per heavy atom. The molecule has 1 aliphatic rings. The van der Waals surface area contributed by atoms with Gasteiger partial charge in [-0.15, -0.1) is 0 Å². The molecule has 7 heteroatoms. The molecule has 0 bridgehead atoms. The van der Waals surface area contributed by atoms with Gasteiger partial charge in [0.2, 0.25) is 0 Å². The largest absolute Gasteiger partial charge is 0.493 e. The van der Waals surface area contributed by atoms with E-state index in [0.717, 1.165) is 34.7 Å². The maximum Gasteiger partial charge on any atom is 0.254 e. The van der Waals surface area contributed by atoms with Crippen molar-refractivity contribution in [2.24, 2.45) is 0 Å². The van der Waals surface area contributed by atoms with Crippen molar-refractivity contribution in [3.8, 4) is 5.75 Å². The average Bonchev–Trinajstić information content (AvgIpc) is 3.02. The Morgan fingerprint density at radius 2 is 2.17 bits per heavy atom. The van der Waals surface area contributed by atoms with Gasteiger partial charge in [0.25, 0.3) is 5.91 Å². The fourth-order valence-corrected chi connectivity index (χ4v) is 3.97. The summed E-state index contributed by atoms with van der Waals surface area (Å²) in [6, 6.07) is 7.95. The van der Waals surface area contributed by atoms with Crippen LogP contribution >= 0.6 is 0 Å². The number of hydrogen-bond donors (Lipinski definition) is 2. The number of pyridine rings is 1. The topological polar surface area (TPSA) is 79.1 Å². The van der Waals surface area contributed by atoms with Gasteiger partial charge in [-0.05, 0) is 31.5 Å². The monoisotopic (exact) mass is 394 g/mol. The number of aliphatic hydroxyl groups excluding tert-OH is 1. The highest BCUT2D eigenvalue weighted by molar-refractivity contribution is 5.95. The number of aliphatic hydroxyl groups is 1. The van der Waals surface area contributed by atoms with E-state index in [1.54, 1.807) is 25.2 Å². The van der Waals surface area contributed by atoms with Crippen LogP contribution in [0.1, 0.15) is 45.3 Å². The predicted octanol–water partition coefficient (Wildman–Crippen LogP) is 3.08. The Morgan fingerprint density at radius 1 is 1.38 bits per heavy atom. The molecule has 0 fully saturated rings. The smallest absolute Gasteiger partial charge is 0.254 e. The molecule has 3 heterocycles. The lowest BCUT2D eigenvalue weighted by Crippen LogP contribution is -2.24. The van der Waals surface area contributed by atoms with E-state index in [4.69, 9.17) is 4.74 Å². The Kier molecular flexibility index (Phi) is 4.92. The number of anilines is 1. The van der Waals surface area contributed by atoms with Gasteiger partial charge >= 0.3 is 0 Å². The van der Waals surface area contributed by atoms with Crippen LogP contribution in [0.4, 0.5) is 5.69 Å². The number of aromatic nitrogens is 2. The zero-order valence-electron chi connectivity index (χ0n) is 17.2. The fraction of sp³-hybridized carbons (Fsp3) is 0.364. The van der Waals surface area contributed by atoms with Crippen molar-refractivity contribution in [3.63, 3.8) is 0 Å². The number of fused-ring (bicyclic) bond motifs is 2. The Bertz CT molecular complexity index is 1090. The Hall–Kier alpha value is -3.06. The molecule has 0 aliphatic carbocycles. The van der Waals surface area contributed by atoms with Gasteiger partial charge in [-0.3, -0.25) is 9.20 Å². The van der Waals surface area contributed by atoms with Crippen molar-refractivity contribution >= 4 is 17.2 Å². The third-order valence-corrected chi connectivity index (χ3v) is 5.45. The molecule has 3 aromatic rings. The first kappa shape index (κ1) is 19.3. The van der Waals surface area contributed by atoms with Gasteiger partial charge in [-0.25, -0.2) is 4.98 Å². The third-order valence-electron chi connectivity index (χ3n) is 5.45. The quantitative estimate of drug-likeness (QED) is 0.711. The maximum absolute atomic E-state index is 12.7. The van der Waals surface area contributed by atoms with E-state index in [1.807, 2.05) is 29.5 Å². The first-order valence-electron chi connectivity index (χ1n) is 9.73. The first-order chi connectivity index (χ1) is 13.9. The summed E-state index contributed by atoms with van der Waals surface area (Å²) in [7, 11) is 3.45. The summed E-state index contributed by atoms with van der Waals surface area (Å²) in [6.45, 7) is 4.41. The molecule has 1 aliphatic heterocycles. The molecule has 7 nitrogen and oxygen atoms in total. The van der Waals surface area contributed by atoms with Crippen LogP contribution in [-0.2, 0) is 6.61 Å². The summed E-state index contributed by atoms with van der Waals surface area (Å²) in [5.41, 5.74) is 5.71. The molecule has 0 unspecified atom stereocenters. The van der Waals surface area contributed by atoms with Gasteiger partial charge in [0.15, 0.2) is 5.65 Å². The summed E-state index contributed by atoms with van der Waals surface area (Å²) >= 11 is 0. The first-order valence-corrected chi connectivity index (χ1v) is 9.73. The number of aryl methyl sites for hydroxylation is 2. The van der Waals surface area contributed by atoms with Crippen molar-refractivity contribution in [3.05, 3.63) is 58.5 Å². The Labute approximate surface area is 169 Å². The van der Waals surface area contributed by atoms with Gasteiger partial charge in [0.1, 0.15) is 5.75 Å². The van der Waals surface area contributed by atoms with Gasteiger partial charge < -0.3 is 20.1 Å². The van der Waals surface area contributed by atoms with Crippen LogP contribution in [0.2, 0.25) is 0 Å². The standard InChI is InChI=1S/C22H26N4O3/c1-13-6-5-7-19-20(13)16(8-9-29-19)24-17-10-15(22(28)25(3)4)11-26-18(12-27)14(2)23-21(17)26/h5-7,10-11,16,24,27H,8-9,12H2,1-4H3/t16-/m1/s1. The number of hydrogen-bond acceptors (Lipinski definition) is 5. The van der Waals surface area contributed by atoms with Crippen LogP contribution in [0.5, 0.6) is 5.75 Å². The van der Waals surface area contributed by atoms with Crippen molar-refractivity contribution in [2.45, 2.75) is 32.9 Å². The van der Waals surface area contributed by atoms with Crippen molar-refractivity contribution < 1.29 is 14.6 Å². The van der Waals surface area contributed by atoms with E-state index >= 15 is 0 Å². The average molecular weight is 394 g/mol. The van der Waals surface area contributed by atoms with Crippen molar-refractivity contribution in [1.29, 1.82) is 0 Å². The second kappa shape index (κ2) is 7.40. The number of nitrogens with zero attached hydrogens (tertiary/aromatic N) is 3. The number of rotatable bonds is 4. The van der Waals surface area contributed by atoms with Crippen LogP contribution in [0.3, 0.4) is 0 Å². The summed E-state index contributed by atoms with van der Waals surface area (Å²) in [6.07, 6.45) is 2.56. The van der Waals surface area contributed by atoms with E-state index in [0.29, 0.717) is 23.5 Å².